The van der Waals surface area contributed by atoms with Crippen LogP contribution in [0, 0.1) is 17.8 Å². The van der Waals surface area contributed by atoms with Crippen LogP contribution in [0.2, 0.25) is 0 Å². The van der Waals surface area contributed by atoms with Gasteiger partial charge in [-0.05, 0) is 94.6 Å². The summed E-state index contributed by atoms with van der Waals surface area (Å²) in [6.07, 6.45) is 10.0. The van der Waals surface area contributed by atoms with Gasteiger partial charge in [-0.1, -0.05) is 98.8 Å². The smallest absolute Gasteiger partial charge is 0.00869 e. The lowest BCUT2D eigenvalue weighted by atomic mass is 9.81. The van der Waals surface area contributed by atoms with Crippen molar-refractivity contribution in [3.63, 3.8) is 0 Å². The van der Waals surface area contributed by atoms with Crippen LogP contribution in [0.5, 0.6) is 0 Å². The average Bonchev–Trinajstić information content (AvgIpc) is 3.42. The molecule has 5 atom stereocenters. The van der Waals surface area contributed by atoms with Crippen molar-refractivity contribution in [2.45, 2.75) is 57.3 Å². The summed E-state index contributed by atoms with van der Waals surface area (Å²) in [6, 6.07) is 27.6. The van der Waals surface area contributed by atoms with E-state index >= 15 is 0 Å². The molecule has 0 aliphatic heterocycles. The minimum Gasteiger partial charge on any atom is -0.0802 e. The summed E-state index contributed by atoms with van der Waals surface area (Å²) in [5.41, 5.74) is 9.11. The highest BCUT2D eigenvalue weighted by atomic mass is 14.4. The predicted molar refractivity (Wildman–Crippen MR) is 136 cm³/mol. The Balaban J connectivity index is 1.37. The summed E-state index contributed by atoms with van der Waals surface area (Å²) in [5.74, 6) is 4.33. The molecule has 0 amide bonds. The lowest BCUT2D eigenvalue weighted by molar-refractivity contribution is 0.457. The lowest BCUT2D eigenvalue weighted by Gasteiger charge is -2.23. The van der Waals surface area contributed by atoms with Crippen molar-refractivity contribution in [2.24, 2.45) is 17.8 Å². The summed E-state index contributed by atoms with van der Waals surface area (Å²) in [4.78, 5) is 0. The number of rotatable bonds is 3. The van der Waals surface area contributed by atoms with Crippen LogP contribution >= 0.6 is 0 Å². The molecular formula is C32H34. The van der Waals surface area contributed by atoms with Crippen LogP contribution < -0.4 is 0 Å². The van der Waals surface area contributed by atoms with Crippen molar-refractivity contribution < 1.29 is 0 Å². The molecule has 5 unspecified atom stereocenters. The molecule has 3 aliphatic carbocycles. The van der Waals surface area contributed by atoms with Gasteiger partial charge in [0.2, 0.25) is 0 Å². The normalized spacial score (nSPS) is 30.8. The molecule has 2 fully saturated rings. The maximum Gasteiger partial charge on any atom is -0.00869 e. The molecule has 2 saturated carbocycles. The van der Waals surface area contributed by atoms with Crippen LogP contribution in [0.1, 0.15) is 79.5 Å². The minimum absolute atomic E-state index is 0.631. The topological polar surface area (TPSA) is 0 Å². The predicted octanol–water partition coefficient (Wildman–Crippen LogP) is 8.81. The Morgan fingerprint density at radius 1 is 0.562 bits per heavy atom. The number of hydrogen-bond donors (Lipinski definition) is 0. The van der Waals surface area contributed by atoms with Crippen molar-refractivity contribution in [1.82, 2.24) is 0 Å². The second-order valence-corrected chi connectivity index (χ2v) is 10.7. The molecule has 0 nitrogen and oxygen atoms in total. The van der Waals surface area contributed by atoms with Crippen LogP contribution in [0.15, 0.2) is 78.9 Å². The third-order valence-electron chi connectivity index (χ3n) is 8.91. The summed E-state index contributed by atoms with van der Waals surface area (Å²) in [6.45, 7) is 4.87. The zero-order valence-electron chi connectivity index (χ0n) is 19.4. The van der Waals surface area contributed by atoms with E-state index in [9.17, 15) is 0 Å². The van der Waals surface area contributed by atoms with Crippen molar-refractivity contribution >= 4 is 6.08 Å². The number of benzene rings is 3. The number of allylic oxidation sites excluding steroid dienone is 1. The van der Waals surface area contributed by atoms with Gasteiger partial charge in [-0.25, -0.2) is 0 Å². The van der Waals surface area contributed by atoms with Crippen LogP contribution in [-0.2, 0) is 0 Å². The van der Waals surface area contributed by atoms with E-state index in [0.29, 0.717) is 23.7 Å². The maximum atomic E-state index is 2.49. The molecule has 32 heavy (non-hydrogen) atoms. The second-order valence-electron chi connectivity index (χ2n) is 10.7. The molecule has 3 aliphatic rings. The van der Waals surface area contributed by atoms with Gasteiger partial charge in [-0.15, -0.1) is 0 Å². The molecule has 0 N–H and O–H groups in total. The highest BCUT2D eigenvalue weighted by molar-refractivity contribution is 5.72. The zero-order valence-corrected chi connectivity index (χ0v) is 19.4. The van der Waals surface area contributed by atoms with E-state index in [4.69, 9.17) is 0 Å². The van der Waals surface area contributed by atoms with Crippen molar-refractivity contribution in [3.05, 3.63) is 101 Å². The van der Waals surface area contributed by atoms with E-state index in [2.05, 4.69) is 98.8 Å². The standard InChI is InChI=1S/C32H34/c1-21-17-25(18-22(21)2)28-11-5-7-13-30(28)31-14-8-6-12-29(31)26-19-24-16-15-23-9-3-4-10-27(23)32(24)20-26/h3-16,21-22,24-26,32H,17-20H2,1-2H3. The molecule has 0 heteroatoms. The fourth-order valence-electron chi connectivity index (χ4n) is 7.03. The third kappa shape index (κ3) is 3.36. The molecule has 0 radical (unpaired) electrons. The van der Waals surface area contributed by atoms with Gasteiger partial charge in [0, 0.05) is 0 Å². The molecule has 162 valence electrons. The van der Waals surface area contributed by atoms with Crippen LogP contribution in [0.3, 0.4) is 0 Å². The van der Waals surface area contributed by atoms with Gasteiger partial charge in [-0.3, -0.25) is 0 Å². The van der Waals surface area contributed by atoms with E-state index < -0.39 is 0 Å². The maximum absolute atomic E-state index is 2.49. The highest BCUT2D eigenvalue weighted by Gasteiger charge is 2.38. The molecular weight excluding hydrogens is 384 g/mol. The molecule has 0 spiro atoms. The number of fused-ring (bicyclic) bond motifs is 3. The van der Waals surface area contributed by atoms with Crippen LogP contribution in [0.4, 0.5) is 0 Å². The van der Waals surface area contributed by atoms with Gasteiger partial charge >= 0.3 is 0 Å². The quantitative estimate of drug-likeness (QED) is 0.398. The Labute approximate surface area is 193 Å². The van der Waals surface area contributed by atoms with Gasteiger partial charge in [-0.2, -0.15) is 0 Å². The van der Waals surface area contributed by atoms with Gasteiger partial charge in [0.25, 0.3) is 0 Å². The first-order valence-corrected chi connectivity index (χ1v) is 12.6. The molecule has 0 heterocycles. The van der Waals surface area contributed by atoms with E-state index in [-0.39, 0.29) is 0 Å². The first kappa shape index (κ1) is 20.0. The first-order valence-electron chi connectivity index (χ1n) is 12.6. The Morgan fingerprint density at radius 3 is 1.75 bits per heavy atom. The summed E-state index contributed by atoms with van der Waals surface area (Å²) in [7, 11) is 0. The van der Waals surface area contributed by atoms with E-state index in [1.807, 2.05) is 0 Å². The molecule has 3 aromatic carbocycles. The largest absolute Gasteiger partial charge is 0.0802 e. The molecule has 0 saturated heterocycles. The van der Waals surface area contributed by atoms with Crippen LogP contribution in [0.25, 0.3) is 17.2 Å². The Morgan fingerprint density at radius 2 is 1.09 bits per heavy atom. The monoisotopic (exact) mass is 418 g/mol. The van der Waals surface area contributed by atoms with Gasteiger partial charge in [0.1, 0.15) is 0 Å². The SMILES string of the molecule is CC1CC(c2ccccc2-c2ccccc2C2CC3C=Cc4ccccc4C3C2)CC1C. The fraction of sp³-hybridized carbons (Fsp3) is 0.375. The molecule has 3 aromatic rings. The van der Waals surface area contributed by atoms with Crippen molar-refractivity contribution in [3.8, 4) is 11.1 Å². The van der Waals surface area contributed by atoms with E-state index in [1.54, 1.807) is 16.7 Å². The Kier molecular flexibility index (Phi) is 5.05. The average molecular weight is 419 g/mol. The molecule has 0 aromatic heterocycles. The lowest BCUT2D eigenvalue weighted by Crippen LogP contribution is -2.08. The van der Waals surface area contributed by atoms with Crippen molar-refractivity contribution in [1.29, 1.82) is 0 Å². The van der Waals surface area contributed by atoms with E-state index in [1.165, 1.54) is 42.4 Å². The summed E-state index contributed by atoms with van der Waals surface area (Å²) in [5, 5.41) is 0. The van der Waals surface area contributed by atoms with Gasteiger partial charge < -0.3 is 0 Å². The fourth-order valence-corrected chi connectivity index (χ4v) is 7.03. The van der Waals surface area contributed by atoms with Crippen LogP contribution in [-0.4, -0.2) is 0 Å². The summed E-state index contributed by atoms with van der Waals surface area (Å²) >= 11 is 0. The highest BCUT2D eigenvalue weighted by Crippen LogP contribution is 2.53. The van der Waals surface area contributed by atoms with Crippen molar-refractivity contribution in [2.75, 3.05) is 0 Å². The second kappa shape index (κ2) is 8.07. The third-order valence-corrected chi connectivity index (χ3v) is 8.91. The Hall–Kier alpha value is -2.60. The summed E-state index contributed by atoms with van der Waals surface area (Å²) < 4.78 is 0. The minimum atomic E-state index is 0.631. The number of hydrogen-bond acceptors (Lipinski definition) is 0. The molecule has 6 rings (SSSR count). The molecule has 0 bridgehead atoms. The Bertz CT molecular complexity index is 1140. The first-order chi connectivity index (χ1) is 15.7. The van der Waals surface area contributed by atoms with Gasteiger partial charge in [0.05, 0.1) is 0 Å². The zero-order chi connectivity index (χ0) is 21.7. The van der Waals surface area contributed by atoms with Gasteiger partial charge in [0.15, 0.2) is 0 Å². The van der Waals surface area contributed by atoms with E-state index in [0.717, 1.165) is 11.8 Å².